The fourth-order valence-corrected chi connectivity index (χ4v) is 0.845. The Kier molecular flexibility index (Phi) is 9.24. The average Bonchev–Trinajstić information content (AvgIpc) is 2.30. The maximum atomic E-state index is 11.1. The number of nitrogens with two attached hydrogens (primary N) is 1. The molecule has 0 aromatic rings. The first-order valence-corrected chi connectivity index (χ1v) is 5.12. The molecule has 0 spiro atoms. The van der Waals surface area contributed by atoms with Gasteiger partial charge in [-0.2, -0.15) is 0 Å². The molecule has 0 aliphatic carbocycles. The molecule has 0 saturated carbocycles. The lowest BCUT2D eigenvalue weighted by Gasteiger charge is -2.06. The first-order valence-electron chi connectivity index (χ1n) is 5.12. The Labute approximate surface area is 95.2 Å². The van der Waals surface area contributed by atoms with E-state index in [4.69, 9.17) is 10.5 Å². The van der Waals surface area contributed by atoms with Crippen LogP contribution in [0.15, 0.2) is 12.7 Å². The van der Waals surface area contributed by atoms with Crippen molar-refractivity contribution in [3.63, 3.8) is 0 Å². The number of carbonyl (C=O) groups is 2. The molecule has 92 valence electrons. The third-order valence-electron chi connectivity index (χ3n) is 1.67. The molecule has 0 aromatic heterocycles. The molecule has 0 aromatic carbocycles. The predicted molar refractivity (Wildman–Crippen MR) is 60.7 cm³/mol. The molecule has 0 atom stereocenters. The van der Waals surface area contributed by atoms with E-state index in [0.717, 1.165) is 6.42 Å². The minimum Gasteiger partial charge on any atom is -0.379 e. The number of nitrogens with one attached hydrogen (secondary N) is 2. The summed E-state index contributed by atoms with van der Waals surface area (Å²) < 4.78 is 5.18. The van der Waals surface area contributed by atoms with Gasteiger partial charge in [0.25, 0.3) is 0 Å². The summed E-state index contributed by atoms with van der Waals surface area (Å²) in [5.74, 6) is -0.605. The molecule has 4 N–H and O–H groups in total. The molecule has 0 bridgehead atoms. The van der Waals surface area contributed by atoms with Gasteiger partial charge in [0.15, 0.2) is 0 Å². The van der Waals surface area contributed by atoms with E-state index >= 15 is 0 Å². The molecule has 6 heteroatoms. The fraction of sp³-hybridized carbons (Fsp3) is 0.600. The van der Waals surface area contributed by atoms with Crippen molar-refractivity contribution in [2.45, 2.75) is 6.42 Å². The van der Waals surface area contributed by atoms with Gasteiger partial charge >= 0.3 is 0 Å². The molecule has 0 aliphatic rings. The zero-order chi connectivity index (χ0) is 12.2. The van der Waals surface area contributed by atoms with Gasteiger partial charge in [0.2, 0.25) is 11.8 Å². The van der Waals surface area contributed by atoms with Crippen molar-refractivity contribution >= 4 is 11.8 Å². The SMILES string of the molecule is C=CCCOCCNC(=O)CNC(=O)CN. The lowest BCUT2D eigenvalue weighted by Crippen LogP contribution is -2.40. The van der Waals surface area contributed by atoms with Crippen molar-refractivity contribution in [1.82, 2.24) is 10.6 Å². The number of ether oxygens (including phenoxy) is 1. The normalized spacial score (nSPS) is 9.56. The summed E-state index contributed by atoms with van der Waals surface area (Å²) in [6.45, 7) is 4.86. The zero-order valence-corrected chi connectivity index (χ0v) is 9.33. The van der Waals surface area contributed by atoms with Crippen molar-refractivity contribution in [3.05, 3.63) is 12.7 Å². The maximum Gasteiger partial charge on any atom is 0.239 e. The minimum atomic E-state index is -0.350. The molecule has 0 saturated heterocycles. The van der Waals surface area contributed by atoms with Crippen LogP contribution in [0.1, 0.15) is 6.42 Å². The molecule has 6 nitrogen and oxygen atoms in total. The van der Waals surface area contributed by atoms with Crippen molar-refractivity contribution in [3.8, 4) is 0 Å². The van der Waals surface area contributed by atoms with Crippen molar-refractivity contribution in [1.29, 1.82) is 0 Å². The Bertz CT molecular complexity index is 231. The van der Waals surface area contributed by atoms with Crippen molar-refractivity contribution in [2.75, 3.05) is 32.8 Å². The van der Waals surface area contributed by atoms with E-state index in [-0.39, 0.29) is 24.9 Å². The van der Waals surface area contributed by atoms with Gasteiger partial charge in [-0.15, -0.1) is 6.58 Å². The lowest BCUT2D eigenvalue weighted by molar-refractivity contribution is -0.125. The summed E-state index contributed by atoms with van der Waals surface area (Å²) in [6, 6.07) is 0. The Morgan fingerprint density at radius 3 is 2.62 bits per heavy atom. The summed E-state index contributed by atoms with van der Waals surface area (Å²) in [4.78, 5) is 21.8. The maximum absolute atomic E-state index is 11.1. The molecule has 2 amide bonds. The Morgan fingerprint density at radius 2 is 2.00 bits per heavy atom. The Morgan fingerprint density at radius 1 is 1.25 bits per heavy atom. The van der Waals surface area contributed by atoms with Crippen LogP contribution >= 0.6 is 0 Å². The fourth-order valence-electron chi connectivity index (χ4n) is 0.845. The molecule has 16 heavy (non-hydrogen) atoms. The molecular weight excluding hydrogens is 210 g/mol. The first kappa shape index (κ1) is 14.6. The highest BCUT2D eigenvalue weighted by Gasteiger charge is 2.02. The van der Waals surface area contributed by atoms with E-state index in [1.807, 2.05) is 0 Å². The molecule has 0 fully saturated rings. The van der Waals surface area contributed by atoms with Gasteiger partial charge in [0.1, 0.15) is 0 Å². The summed E-state index contributed by atoms with van der Waals surface area (Å²) >= 11 is 0. The standard InChI is InChI=1S/C10H19N3O3/c1-2-3-5-16-6-4-12-10(15)8-13-9(14)7-11/h2H,1,3-8,11H2,(H,12,15)(H,13,14). The monoisotopic (exact) mass is 229 g/mol. The van der Waals surface area contributed by atoms with E-state index in [2.05, 4.69) is 17.2 Å². The lowest BCUT2D eigenvalue weighted by atomic mass is 10.4. The predicted octanol–water partition coefficient (Wildman–Crippen LogP) is -1.23. The second-order valence-electron chi connectivity index (χ2n) is 3.02. The van der Waals surface area contributed by atoms with Gasteiger partial charge in [-0.25, -0.2) is 0 Å². The molecule has 0 heterocycles. The number of carbonyl (C=O) groups excluding carboxylic acids is 2. The number of amides is 2. The van der Waals surface area contributed by atoms with E-state index in [1.54, 1.807) is 6.08 Å². The molecule has 0 radical (unpaired) electrons. The third kappa shape index (κ3) is 9.17. The van der Waals surface area contributed by atoms with Gasteiger partial charge in [-0.3, -0.25) is 9.59 Å². The Balaban J connectivity index is 3.30. The van der Waals surface area contributed by atoms with E-state index in [1.165, 1.54) is 0 Å². The third-order valence-corrected chi connectivity index (χ3v) is 1.67. The summed E-state index contributed by atoms with van der Waals surface area (Å²) in [7, 11) is 0. The van der Waals surface area contributed by atoms with Gasteiger partial charge in [-0.1, -0.05) is 6.08 Å². The van der Waals surface area contributed by atoms with Crippen LogP contribution in [0.2, 0.25) is 0 Å². The molecular formula is C10H19N3O3. The van der Waals surface area contributed by atoms with Crippen LogP contribution in [0.25, 0.3) is 0 Å². The van der Waals surface area contributed by atoms with E-state index < -0.39 is 0 Å². The number of rotatable bonds is 9. The second kappa shape index (κ2) is 10.1. The van der Waals surface area contributed by atoms with Crippen LogP contribution in [0.3, 0.4) is 0 Å². The molecule has 0 rings (SSSR count). The van der Waals surface area contributed by atoms with Crippen molar-refractivity contribution < 1.29 is 14.3 Å². The average molecular weight is 229 g/mol. The van der Waals surface area contributed by atoms with E-state index in [0.29, 0.717) is 19.8 Å². The topological polar surface area (TPSA) is 93.5 Å². The summed E-state index contributed by atoms with van der Waals surface area (Å²) in [5.41, 5.74) is 5.05. The summed E-state index contributed by atoms with van der Waals surface area (Å²) in [5, 5.41) is 4.96. The van der Waals surface area contributed by atoms with Crippen LogP contribution < -0.4 is 16.4 Å². The smallest absolute Gasteiger partial charge is 0.239 e. The molecule has 0 aliphatic heterocycles. The van der Waals surface area contributed by atoms with Crippen LogP contribution in [0, 0.1) is 0 Å². The second-order valence-corrected chi connectivity index (χ2v) is 3.02. The van der Waals surface area contributed by atoms with Crippen LogP contribution in [0.4, 0.5) is 0 Å². The highest BCUT2D eigenvalue weighted by Crippen LogP contribution is 1.81. The Hall–Kier alpha value is -1.40. The largest absolute Gasteiger partial charge is 0.379 e. The highest BCUT2D eigenvalue weighted by atomic mass is 16.5. The zero-order valence-electron chi connectivity index (χ0n) is 9.33. The van der Waals surface area contributed by atoms with Crippen LogP contribution in [0.5, 0.6) is 0 Å². The van der Waals surface area contributed by atoms with Gasteiger partial charge in [0.05, 0.1) is 26.3 Å². The van der Waals surface area contributed by atoms with E-state index in [9.17, 15) is 9.59 Å². The quantitative estimate of drug-likeness (QED) is 0.341. The van der Waals surface area contributed by atoms with Gasteiger partial charge in [0, 0.05) is 6.54 Å². The first-order chi connectivity index (χ1) is 7.70. The minimum absolute atomic E-state index is 0.0529. The van der Waals surface area contributed by atoms with Crippen molar-refractivity contribution in [2.24, 2.45) is 5.73 Å². The summed E-state index contributed by atoms with van der Waals surface area (Å²) in [6.07, 6.45) is 2.56. The van der Waals surface area contributed by atoms with Gasteiger partial charge < -0.3 is 21.1 Å². The highest BCUT2D eigenvalue weighted by molar-refractivity contribution is 5.85. The number of hydrogen-bond donors (Lipinski definition) is 3. The van der Waals surface area contributed by atoms with Gasteiger partial charge in [-0.05, 0) is 6.42 Å². The van der Waals surface area contributed by atoms with Crippen LogP contribution in [-0.2, 0) is 14.3 Å². The van der Waals surface area contributed by atoms with Crippen LogP contribution in [-0.4, -0.2) is 44.7 Å². The number of hydrogen-bond acceptors (Lipinski definition) is 4. The molecule has 0 unspecified atom stereocenters.